The van der Waals surface area contributed by atoms with Crippen molar-refractivity contribution in [2.45, 2.75) is 12.8 Å². The average molecular weight is 205 g/mol. The van der Waals surface area contributed by atoms with E-state index in [1.54, 1.807) is 0 Å². The molecule has 3 nitrogen and oxygen atoms in total. The number of hydrogen-bond donors (Lipinski definition) is 0. The Morgan fingerprint density at radius 1 is 1.31 bits per heavy atom. The van der Waals surface area contributed by atoms with Gasteiger partial charge in [0.2, 0.25) is 5.91 Å². The Kier molecular flexibility index (Phi) is 4.53. The van der Waals surface area contributed by atoms with Crippen molar-refractivity contribution < 1.29 is 4.79 Å². The van der Waals surface area contributed by atoms with E-state index in [0.717, 1.165) is 32.6 Å². The number of nitrogens with zero attached hydrogens (tertiary/aromatic N) is 2. The topological polar surface area (TPSA) is 23.6 Å². The summed E-state index contributed by atoms with van der Waals surface area (Å²) in [4.78, 5) is 15.7. The largest absolute Gasteiger partial charge is 0.341 e. The molecule has 0 aromatic rings. The van der Waals surface area contributed by atoms with E-state index < -0.39 is 0 Å². The molecule has 1 saturated heterocycles. The standard InChI is InChI=1S/C9H17ClN2O/c1-11-5-2-6-12(8-7-11)9(13)3-4-10/h2-8H2,1H3. The summed E-state index contributed by atoms with van der Waals surface area (Å²) in [6.07, 6.45) is 1.55. The van der Waals surface area contributed by atoms with E-state index in [1.807, 2.05) is 4.90 Å². The van der Waals surface area contributed by atoms with Gasteiger partial charge in [0.1, 0.15) is 0 Å². The van der Waals surface area contributed by atoms with Crippen LogP contribution < -0.4 is 0 Å². The molecular weight excluding hydrogens is 188 g/mol. The minimum Gasteiger partial charge on any atom is -0.341 e. The van der Waals surface area contributed by atoms with E-state index in [1.165, 1.54) is 0 Å². The second-order valence-corrected chi connectivity index (χ2v) is 3.85. The third-order valence-corrected chi connectivity index (χ3v) is 2.57. The van der Waals surface area contributed by atoms with Gasteiger partial charge in [0, 0.05) is 31.9 Å². The van der Waals surface area contributed by atoms with Gasteiger partial charge in [-0.1, -0.05) is 0 Å². The highest BCUT2D eigenvalue weighted by Gasteiger charge is 2.16. The molecule has 4 heteroatoms. The minimum absolute atomic E-state index is 0.199. The molecule has 1 heterocycles. The van der Waals surface area contributed by atoms with Crippen LogP contribution in [0.5, 0.6) is 0 Å². The molecule has 13 heavy (non-hydrogen) atoms. The molecule has 0 saturated carbocycles. The monoisotopic (exact) mass is 204 g/mol. The Bertz CT molecular complexity index is 175. The summed E-state index contributed by atoms with van der Waals surface area (Å²) in [5.74, 6) is 0.635. The number of rotatable bonds is 2. The Balaban J connectivity index is 2.37. The zero-order chi connectivity index (χ0) is 9.68. The van der Waals surface area contributed by atoms with E-state index in [-0.39, 0.29) is 5.91 Å². The fourth-order valence-electron chi connectivity index (χ4n) is 1.53. The van der Waals surface area contributed by atoms with Gasteiger partial charge in [-0.2, -0.15) is 0 Å². The number of halogens is 1. The molecule has 0 spiro atoms. The van der Waals surface area contributed by atoms with Crippen LogP contribution in [0.4, 0.5) is 0 Å². The van der Waals surface area contributed by atoms with Crippen molar-refractivity contribution in [2.75, 3.05) is 39.1 Å². The van der Waals surface area contributed by atoms with Gasteiger partial charge in [-0.25, -0.2) is 0 Å². The number of carbonyl (C=O) groups excluding carboxylic acids is 1. The molecule has 1 amide bonds. The van der Waals surface area contributed by atoms with Crippen molar-refractivity contribution >= 4 is 17.5 Å². The van der Waals surface area contributed by atoms with Crippen molar-refractivity contribution in [1.82, 2.24) is 9.80 Å². The first-order valence-electron chi connectivity index (χ1n) is 4.76. The van der Waals surface area contributed by atoms with Crippen LogP contribution in [-0.2, 0) is 4.79 Å². The first-order chi connectivity index (χ1) is 6.24. The van der Waals surface area contributed by atoms with Crippen molar-refractivity contribution in [1.29, 1.82) is 0 Å². The molecule has 1 fully saturated rings. The van der Waals surface area contributed by atoms with Crippen LogP contribution >= 0.6 is 11.6 Å². The number of alkyl halides is 1. The fourth-order valence-corrected chi connectivity index (χ4v) is 1.70. The molecule has 0 aromatic heterocycles. The summed E-state index contributed by atoms with van der Waals surface area (Å²) >= 11 is 5.53. The zero-order valence-electron chi connectivity index (χ0n) is 8.13. The predicted molar refractivity (Wildman–Crippen MR) is 54.0 cm³/mol. The Morgan fingerprint density at radius 3 is 2.77 bits per heavy atom. The molecule has 0 N–H and O–H groups in total. The maximum Gasteiger partial charge on any atom is 0.223 e. The normalized spacial score (nSPS) is 20.0. The lowest BCUT2D eigenvalue weighted by Gasteiger charge is -2.19. The summed E-state index contributed by atoms with van der Waals surface area (Å²) in [5, 5.41) is 0. The highest BCUT2D eigenvalue weighted by molar-refractivity contribution is 6.18. The molecule has 1 aliphatic heterocycles. The zero-order valence-corrected chi connectivity index (χ0v) is 8.89. The van der Waals surface area contributed by atoms with Gasteiger partial charge >= 0.3 is 0 Å². The summed E-state index contributed by atoms with van der Waals surface area (Å²) in [6, 6.07) is 0. The quantitative estimate of drug-likeness (QED) is 0.621. The highest BCUT2D eigenvalue weighted by Crippen LogP contribution is 2.03. The lowest BCUT2D eigenvalue weighted by Crippen LogP contribution is -2.34. The maximum absolute atomic E-state index is 11.5. The van der Waals surface area contributed by atoms with Crippen molar-refractivity contribution in [3.63, 3.8) is 0 Å². The number of carbonyl (C=O) groups is 1. The predicted octanol–water partition coefficient (Wildman–Crippen LogP) is 0.779. The van der Waals surface area contributed by atoms with E-state index in [0.29, 0.717) is 12.3 Å². The summed E-state index contributed by atoms with van der Waals surface area (Å²) in [5.41, 5.74) is 0. The van der Waals surface area contributed by atoms with Crippen LogP contribution in [0.15, 0.2) is 0 Å². The number of amides is 1. The third-order valence-electron chi connectivity index (χ3n) is 2.38. The van der Waals surface area contributed by atoms with E-state index in [9.17, 15) is 4.79 Å². The SMILES string of the molecule is CN1CCCN(C(=O)CCCl)CC1. The molecule has 0 radical (unpaired) electrons. The molecule has 0 bridgehead atoms. The lowest BCUT2D eigenvalue weighted by atomic mass is 10.3. The van der Waals surface area contributed by atoms with E-state index in [2.05, 4.69) is 11.9 Å². The highest BCUT2D eigenvalue weighted by atomic mass is 35.5. The van der Waals surface area contributed by atoms with Crippen molar-refractivity contribution in [3.8, 4) is 0 Å². The van der Waals surface area contributed by atoms with Crippen LogP contribution in [0.3, 0.4) is 0 Å². The van der Waals surface area contributed by atoms with Crippen LogP contribution in [0, 0.1) is 0 Å². The first kappa shape index (κ1) is 10.8. The van der Waals surface area contributed by atoms with Crippen LogP contribution in [0.2, 0.25) is 0 Å². The first-order valence-corrected chi connectivity index (χ1v) is 5.30. The van der Waals surface area contributed by atoms with Crippen LogP contribution in [0.25, 0.3) is 0 Å². The van der Waals surface area contributed by atoms with Crippen LogP contribution in [0.1, 0.15) is 12.8 Å². The molecule has 1 aliphatic rings. The van der Waals surface area contributed by atoms with Crippen molar-refractivity contribution in [3.05, 3.63) is 0 Å². The average Bonchev–Trinajstić information content (AvgIpc) is 2.30. The maximum atomic E-state index is 11.5. The third kappa shape index (κ3) is 3.53. The van der Waals surface area contributed by atoms with Crippen molar-refractivity contribution in [2.24, 2.45) is 0 Å². The van der Waals surface area contributed by atoms with Gasteiger partial charge in [0.05, 0.1) is 0 Å². The Labute approximate surface area is 84.6 Å². The lowest BCUT2D eigenvalue weighted by molar-refractivity contribution is -0.130. The molecule has 76 valence electrons. The van der Waals surface area contributed by atoms with E-state index >= 15 is 0 Å². The second-order valence-electron chi connectivity index (χ2n) is 3.48. The summed E-state index contributed by atoms with van der Waals surface area (Å²) in [6.45, 7) is 3.81. The Morgan fingerprint density at radius 2 is 2.08 bits per heavy atom. The molecule has 0 unspecified atom stereocenters. The number of likely N-dealkylation sites (N-methyl/N-ethyl adjacent to an activating group) is 1. The Hall–Kier alpha value is -0.280. The van der Waals surface area contributed by atoms with Gasteiger partial charge in [-0.3, -0.25) is 4.79 Å². The second kappa shape index (κ2) is 5.45. The number of hydrogen-bond acceptors (Lipinski definition) is 2. The van der Waals surface area contributed by atoms with Gasteiger partial charge in [0.25, 0.3) is 0 Å². The van der Waals surface area contributed by atoms with E-state index in [4.69, 9.17) is 11.6 Å². The van der Waals surface area contributed by atoms with Gasteiger partial charge in [0.15, 0.2) is 0 Å². The molecular formula is C9H17ClN2O. The van der Waals surface area contributed by atoms with Crippen LogP contribution in [-0.4, -0.2) is 54.8 Å². The molecule has 0 aromatic carbocycles. The summed E-state index contributed by atoms with van der Waals surface area (Å²) in [7, 11) is 2.09. The minimum atomic E-state index is 0.199. The molecule has 0 aliphatic carbocycles. The fraction of sp³-hybridized carbons (Fsp3) is 0.889. The summed E-state index contributed by atoms with van der Waals surface area (Å²) < 4.78 is 0. The smallest absolute Gasteiger partial charge is 0.223 e. The van der Waals surface area contributed by atoms with Gasteiger partial charge in [-0.05, 0) is 20.0 Å². The van der Waals surface area contributed by atoms with Gasteiger partial charge < -0.3 is 9.80 Å². The molecule has 1 rings (SSSR count). The van der Waals surface area contributed by atoms with Gasteiger partial charge in [-0.15, -0.1) is 11.6 Å². The molecule has 0 atom stereocenters.